The standard InChI is InChI=1S/C19H17N3O2/c1-21-16-9-5-4-8-15(16)20-17(18(21)23)19(24)22-11-10-13-6-2-3-7-14(13)12-22/h2-9H,10-12H2,1H3. The van der Waals surface area contributed by atoms with Gasteiger partial charge < -0.3 is 9.47 Å². The lowest BCUT2D eigenvalue weighted by atomic mass is 10.00. The molecule has 0 N–H and O–H groups in total. The Labute approximate surface area is 139 Å². The van der Waals surface area contributed by atoms with E-state index < -0.39 is 0 Å². The molecule has 5 nitrogen and oxygen atoms in total. The van der Waals surface area contributed by atoms with Crippen LogP contribution in [0.15, 0.2) is 53.3 Å². The quantitative estimate of drug-likeness (QED) is 0.690. The molecule has 0 atom stereocenters. The topological polar surface area (TPSA) is 55.2 Å². The molecule has 2 aromatic carbocycles. The first-order valence-electron chi connectivity index (χ1n) is 7.97. The zero-order valence-corrected chi connectivity index (χ0v) is 13.4. The molecule has 3 aromatic rings. The fourth-order valence-electron chi connectivity index (χ4n) is 3.24. The van der Waals surface area contributed by atoms with Crippen LogP contribution in [-0.2, 0) is 20.0 Å². The molecule has 0 spiro atoms. The molecule has 24 heavy (non-hydrogen) atoms. The summed E-state index contributed by atoms with van der Waals surface area (Å²) in [6.07, 6.45) is 0.801. The molecule has 4 rings (SSSR count). The monoisotopic (exact) mass is 319 g/mol. The normalized spacial score (nSPS) is 13.8. The van der Waals surface area contributed by atoms with Crippen LogP contribution < -0.4 is 5.56 Å². The van der Waals surface area contributed by atoms with Gasteiger partial charge in [0.2, 0.25) is 0 Å². The number of benzene rings is 2. The molecule has 0 unspecified atom stereocenters. The minimum absolute atomic E-state index is 0.00409. The average molecular weight is 319 g/mol. The van der Waals surface area contributed by atoms with Crippen molar-refractivity contribution in [3.8, 4) is 0 Å². The van der Waals surface area contributed by atoms with E-state index in [0.29, 0.717) is 18.6 Å². The number of aryl methyl sites for hydroxylation is 1. The number of rotatable bonds is 1. The summed E-state index contributed by atoms with van der Waals surface area (Å²) < 4.78 is 1.49. The Morgan fingerprint density at radius 3 is 2.58 bits per heavy atom. The average Bonchev–Trinajstić information content (AvgIpc) is 2.63. The summed E-state index contributed by atoms with van der Waals surface area (Å²) >= 11 is 0. The summed E-state index contributed by atoms with van der Waals surface area (Å²) in [5, 5.41) is 0. The third kappa shape index (κ3) is 2.29. The third-order valence-electron chi connectivity index (χ3n) is 4.60. The summed E-state index contributed by atoms with van der Waals surface area (Å²) in [6, 6.07) is 15.5. The van der Waals surface area contributed by atoms with Crippen LogP contribution >= 0.6 is 0 Å². The van der Waals surface area contributed by atoms with Gasteiger partial charge in [-0.15, -0.1) is 0 Å². The highest BCUT2D eigenvalue weighted by Crippen LogP contribution is 2.19. The van der Waals surface area contributed by atoms with Crippen molar-refractivity contribution in [1.82, 2.24) is 14.5 Å². The first-order valence-corrected chi connectivity index (χ1v) is 7.97. The summed E-state index contributed by atoms with van der Waals surface area (Å²) in [5.41, 5.74) is 3.42. The van der Waals surface area contributed by atoms with Crippen molar-refractivity contribution < 1.29 is 4.79 Å². The molecule has 1 aliphatic heterocycles. The van der Waals surface area contributed by atoms with Crippen molar-refractivity contribution in [2.24, 2.45) is 7.05 Å². The van der Waals surface area contributed by atoms with Gasteiger partial charge in [-0.3, -0.25) is 9.59 Å². The van der Waals surface area contributed by atoms with Gasteiger partial charge in [0.15, 0.2) is 5.69 Å². The second kappa shape index (κ2) is 5.60. The zero-order chi connectivity index (χ0) is 16.7. The molecule has 1 amide bonds. The van der Waals surface area contributed by atoms with Crippen LogP contribution in [0, 0.1) is 0 Å². The van der Waals surface area contributed by atoms with Gasteiger partial charge in [-0.25, -0.2) is 4.98 Å². The van der Waals surface area contributed by atoms with Gasteiger partial charge in [0.1, 0.15) is 0 Å². The Morgan fingerprint density at radius 1 is 1.04 bits per heavy atom. The molecule has 0 saturated carbocycles. The van der Waals surface area contributed by atoms with Crippen molar-refractivity contribution in [3.05, 3.63) is 75.7 Å². The molecule has 120 valence electrons. The predicted octanol–water partition coefficient (Wildman–Crippen LogP) is 2.13. The number of hydrogen-bond acceptors (Lipinski definition) is 3. The minimum Gasteiger partial charge on any atom is -0.332 e. The Morgan fingerprint density at radius 2 is 1.75 bits per heavy atom. The van der Waals surface area contributed by atoms with E-state index in [1.807, 2.05) is 42.5 Å². The van der Waals surface area contributed by atoms with Crippen LogP contribution in [0.5, 0.6) is 0 Å². The highest BCUT2D eigenvalue weighted by atomic mass is 16.2. The molecule has 1 aliphatic rings. The van der Waals surface area contributed by atoms with Gasteiger partial charge in [-0.1, -0.05) is 36.4 Å². The van der Waals surface area contributed by atoms with Crippen LogP contribution in [0.2, 0.25) is 0 Å². The fraction of sp³-hybridized carbons (Fsp3) is 0.211. The molecule has 0 saturated heterocycles. The molecular formula is C19H17N3O2. The second-order valence-corrected chi connectivity index (χ2v) is 6.06. The first-order chi connectivity index (χ1) is 11.6. The van der Waals surface area contributed by atoms with Crippen LogP contribution in [0.1, 0.15) is 21.6 Å². The van der Waals surface area contributed by atoms with E-state index in [2.05, 4.69) is 11.1 Å². The van der Waals surface area contributed by atoms with E-state index in [9.17, 15) is 9.59 Å². The predicted molar refractivity (Wildman–Crippen MR) is 91.9 cm³/mol. The third-order valence-corrected chi connectivity index (χ3v) is 4.60. The lowest BCUT2D eigenvalue weighted by Gasteiger charge is -2.28. The van der Waals surface area contributed by atoms with Crippen molar-refractivity contribution in [2.45, 2.75) is 13.0 Å². The highest BCUT2D eigenvalue weighted by Gasteiger charge is 2.25. The van der Waals surface area contributed by atoms with Crippen LogP contribution in [0.4, 0.5) is 0 Å². The summed E-state index contributed by atoms with van der Waals surface area (Å²) in [6.45, 7) is 1.13. The molecule has 2 heterocycles. The number of aromatic nitrogens is 2. The van der Waals surface area contributed by atoms with E-state index in [0.717, 1.165) is 17.5 Å². The molecule has 1 aromatic heterocycles. The van der Waals surface area contributed by atoms with E-state index in [4.69, 9.17) is 0 Å². The lowest BCUT2D eigenvalue weighted by molar-refractivity contribution is 0.0726. The van der Waals surface area contributed by atoms with E-state index in [1.165, 1.54) is 10.1 Å². The van der Waals surface area contributed by atoms with Gasteiger partial charge in [0.05, 0.1) is 11.0 Å². The SMILES string of the molecule is Cn1c(=O)c(C(=O)N2CCc3ccccc3C2)nc2ccccc21. The number of carbonyl (C=O) groups excluding carboxylic acids is 1. The van der Waals surface area contributed by atoms with Crippen molar-refractivity contribution in [3.63, 3.8) is 0 Å². The first kappa shape index (κ1) is 14.6. The number of para-hydroxylation sites is 2. The second-order valence-electron chi connectivity index (χ2n) is 6.06. The van der Waals surface area contributed by atoms with Gasteiger partial charge in [0, 0.05) is 20.1 Å². The molecule has 0 fully saturated rings. The smallest absolute Gasteiger partial charge is 0.282 e. The molecular weight excluding hydrogens is 302 g/mol. The van der Waals surface area contributed by atoms with E-state index >= 15 is 0 Å². The van der Waals surface area contributed by atoms with Gasteiger partial charge in [0.25, 0.3) is 11.5 Å². The van der Waals surface area contributed by atoms with Crippen molar-refractivity contribution in [1.29, 1.82) is 0 Å². The Balaban J connectivity index is 1.74. The largest absolute Gasteiger partial charge is 0.332 e. The maximum atomic E-state index is 12.9. The van der Waals surface area contributed by atoms with E-state index in [-0.39, 0.29) is 17.2 Å². The Kier molecular flexibility index (Phi) is 3.41. The Bertz CT molecular complexity index is 1010. The zero-order valence-electron chi connectivity index (χ0n) is 13.4. The lowest BCUT2D eigenvalue weighted by Crippen LogP contribution is -2.40. The number of nitrogens with zero attached hydrogens (tertiary/aromatic N) is 3. The summed E-state index contributed by atoms with van der Waals surface area (Å²) in [7, 11) is 1.68. The molecule has 0 aliphatic carbocycles. The number of hydrogen-bond donors (Lipinski definition) is 0. The van der Waals surface area contributed by atoms with Crippen molar-refractivity contribution in [2.75, 3.05) is 6.54 Å². The molecule has 0 radical (unpaired) electrons. The summed E-state index contributed by atoms with van der Waals surface area (Å²) in [5.74, 6) is -0.296. The number of fused-ring (bicyclic) bond motifs is 2. The van der Waals surface area contributed by atoms with Crippen LogP contribution in [-0.4, -0.2) is 26.9 Å². The molecule has 0 bridgehead atoms. The molecule has 5 heteroatoms. The maximum absolute atomic E-state index is 12.9. The van der Waals surface area contributed by atoms with Gasteiger partial charge in [-0.2, -0.15) is 0 Å². The van der Waals surface area contributed by atoms with E-state index in [1.54, 1.807) is 11.9 Å². The van der Waals surface area contributed by atoms with Crippen molar-refractivity contribution >= 4 is 16.9 Å². The van der Waals surface area contributed by atoms with Gasteiger partial charge >= 0.3 is 0 Å². The minimum atomic E-state index is -0.349. The highest BCUT2D eigenvalue weighted by molar-refractivity contribution is 5.94. The van der Waals surface area contributed by atoms with Crippen LogP contribution in [0.3, 0.4) is 0 Å². The van der Waals surface area contributed by atoms with Gasteiger partial charge in [-0.05, 0) is 29.7 Å². The summed E-state index contributed by atoms with van der Waals surface area (Å²) in [4.78, 5) is 31.5. The fourth-order valence-corrected chi connectivity index (χ4v) is 3.24. The Hall–Kier alpha value is -2.95. The number of carbonyl (C=O) groups is 1. The number of amides is 1. The van der Waals surface area contributed by atoms with Crippen LogP contribution in [0.25, 0.3) is 11.0 Å². The maximum Gasteiger partial charge on any atom is 0.282 e.